The van der Waals surface area contributed by atoms with E-state index < -0.39 is 17.6 Å². The largest absolute Gasteiger partial charge is 0.420 e. The zero-order valence-corrected chi connectivity index (χ0v) is 6.81. The maximum absolute atomic E-state index is 12.2. The van der Waals surface area contributed by atoms with Crippen molar-refractivity contribution in [1.82, 2.24) is 4.98 Å². The molecule has 0 spiro atoms. The minimum Gasteiger partial charge on any atom is -0.387 e. The Morgan fingerprint density at radius 2 is 2.08 bits per heavy atom. The molecule has 1 aromatic rings. The van der Waals surface area contributed by atoms with Crippen molar-refractivity contribution < 1.29 is 13.2 Å². The summed E-state index contributed by atoms with van der Waals surface area (Å²) in [5.74, 6) is -0.508. The van der Waals surface area contributed by atoms with Crippen LogP contribution < -0.4 is 11.1 Å². The third kappa shape index (κ3) is 2.01. The number of aromatic nitrogens is 1. The molecule has 1 aromatic heterocycles. The van der Waals surface area contributed by atoms with Gasteiger partial charge in [-0.3, -0.25) is 0 Å². The van der Waals surface area contributed by atoms with Gasteiger partial charge in [-0.15, -0.1) is 0 Å². The molecule has 0 saturated heterocycles. The van der Waals surface area contributed by atoms with E-state index in [2.05, 4.69) is 10.3 Å². The van der Waals surface area contributed by atoms with E-state index in [1.165, 1.54) is 13.2 Å². The monoisotopic (exact) mass is 191 g/mol. The summed E-state index contributed by atoms with van der Waals surface area (Å²) in [5, 5.41) is 2.55. The molecule has 3 N–H and O–H groups in total. The van der Waals surface area contributed by atoms with Crippen molar-refractivity contribution in [2.75, 3.05) is 18.1 Å². The molecule has 0 aromatic carbocycles. The third-order valence-electron chi connectivity index (χ3n) is 1.51. The maximum Gasteiger partial charge on any atom is 0.420 e. The number of nitrogens with two attached hydrogens (primary N) is 1. The van der Waals surface area contributed by atoms with Crippen LogP contribution >= 0.6 is 0 Å². The van der Waals surface area contributed by atoms with Gasteiger partial charge in [-0.2, -0.15) is 13.2 Å². The van der Waals surface area contributed by atoms with Gasteiger partial charge in [0.1, 0.15) is 5.82 Å². The Hall–Kier alpha value is -1.46. The normalized spacial score (nSPS) is 11.4. The standard InChI is InChI=1S/C7H8F3N3/c1-12-4-2-5(7(8,9)10)6(11)13-3-4/h2-3,12H,1H3,(H2,11,13). The van der Waals surface area contributed by atoms with Crippen LogP contribution in [0.25, 0.3) is 0 Å². The predicted octanol–water partition coefficient (Wildman–Crippen LogP) is 1.72. The Morgan fingerprint density at radius 1 is 1.46 bits per heavy atom. The number of pyridine rings is 1. The minimum atomic E-state index is -4.45. The number of anilines is 2. The van der Waals surface area contributed by atoms with Crippen LogP contribution in [0.4, 0.5) is 24.7 Å². The first-order valence-electron chi connectivity index (χ1n) is 3.45. The number of rotatable bonds is 1. The molecule has 1 rings (SSSR count). The predicted molar refractivity (Wildman–Crippen MR) is 43.2 cm³/mol. The first-order valence-corrected chi connectivity index (χ1v) is 3.45. The summed E-state index contributed by atoms with van der Waals surface area (Å²) >= 11 is 0. The molecule has 3 nitrogen and oxygen atoms in total. The van der Waals surface area contributed by atoms with Gasteiger partial charge in [0, 0.05) is 7.05 Å². The van der Waals surface area contributed by atoms with E-state index in [9.17, 15) is 13.2 Å². The molecular weight excluding hydrogens is 183 g/mol. The molecule has 0 aliphatic rings. The fourth-order valence-electron chi connectivity index (χ4n) is 0.839. The van der Waals surface area contributed by atoms with E-state index in [0.717, 1.165) is 6.07 Å². The van der Waals surface area contributed by atoms with Gasteiger partial charge in [0.15, 0.2) is 0 Å². The number of alkyl halides is 3. The van der Waals surface area contributed by atoms with Crippen molar-refractivity contribution in [3.8, 4) is 0 Å². The average molecular weight is 191 g/mol. The average Bonchev–Trinajstić information content (AvgIpc) is 2.03. The number of hydrogen-bond acceptors (Lipinski definition) is 3. The van der Waals surface area contributed by atoms with E-state index in [1.807, 2.05) is 0 Å². The van der Waals surface area contributed by atoms with Crippen molar-refractivity contribution in [2.45, 2.75) is 6.18 Å². The molecule has 13 heavy (non-hydrogen) atoms. The van der Waals surface area contributed by atoms with Crippen molar-refractivity contribution in [2.24, 2.45) is 0 Å². The maximum atomic E-state index is 12.2. The van der Waals surface area contributed by atoms with Crippen molar-refractivity contribution in [3.05, 3.63) is 17.8 Å². The molecule has 0 radical (unpaired) electrons. The summed E-state index contributed by atoms with van der Waals surface area (Å²) in [7, 11) is 1.51. The summed E-state index contributed by atoms with van der Waals surface area (Å²) < 4.78 is 36.7. The first kappa shape index (κ1) is 9.63. The first-order chi connectivity index (χ1) is 5.95. The lowest BCUT2D eigenvalue weighted by molar-refractivity contribution is -0.137. The second-order valence-corrected chi connectivity index (χ2v) is 2.40. The number of nitrogens with one attached hydrogen (secondary N) is 1. The summed E-state index contributed by atoms with van der Waals surface area (Å²) in [6.45, 7) is 0. The molecule has 0 bridgehead atoms. The Morgan fingerprint density at radius 3 is 2.54 bits per heavy atom. The molecule has 0 aliphatic heterocycles. The highest BCUT2D eigenvalue weighted by molar-refractivity contribution is 5.52. The highest BCUT2D eigenvalue weighted by Gasteiger charge is 2.33. The van der Waals surface area contributed by atoms with Crippen LogP contribution in [0.15, 0.2) is 12.3 Å². The smallest absolute Gasteiger partial charge is 0.387 e. The van der Waals surface area contributed by atoms with Gasteiger partial charge in [0.2, 0.25) is 0 Å². The van der Waals surface area contributed by atoms with Crippen LogP contribution in [0.1, 0.15) is 5.56 Å². The summed E-state index contributed by atoms with van der Waals surface area (Å²) in [4.78, 5) is 3.41. The van der Waals surface area contributed by atoms with Gasteiger partial charge in [-0.25, -0.2) is 4.98 Å². The molecule has 0 amide bonds. The Kier molecular flexibility index (Phi) is 2.31. The topological polar surface area (TPSA) is 50.9 Å². The Labute approximate surface area is 72.8 Å². The number of hydrogen-bond donors (Lipinski definition) is 2. The SMILES string of the molecule is CNc1cnc(N)c(C(F)(F)F)c1. The summed E-state index contributed by atoms with van der Waals surface area (Å²) in [5.41, 5.74) is 4.43. The molecule has 6 heteroatoms. The molecule has 0 atom stereocenters. The fourth-order valence-corrected chi connectivity index (χ4v) is 0.839. The second kappa shape index (κ2) is 3.12. The van der Waals surface area contributed by atoms with Crippen LogP contribution in [0.5, 0.6) is 0 Å². The second-order valence-electron chi connectivity index (χ2n) is 2.40. The van der Waals surface area contributed by atoms with E-state index in [1.54, 1.807) is 0 Å². The van der Waals surface area contributed by atoms with Gasteiger partial charge >= 0.3 is 6.18 Å². The van der Waals surface area contributed by atoms with Crippen LogP contribution in [0.3, 0.4) is 0 Å². The molecule has 0 aliphatic carbocycles. The molecule has 0 fully saturated rings. The van der Waals surface area contributed by atoms with E-state index >= 15 is 0 Å². The summed E-state index contributed by atoms with van der Waals surface area (Å²) in [6.07, 6.45) is -3.21. The van der Waals surface area contributed by atoms with Gasteiger partial charge in [0.25, 0.3) is 0 Å². The summed E-state index contributed by atoms with van der Waals surface area (Å²) in [6, 6.07) is 0.919. The van der Waals surface area contributed by atoms with E-state index in [-0.39, 0.29) is 5.69 Å². The van der Waals surface area contributed by atoms with Crippen LogP contribution in [0, 0.1) is 0 Å². The molecule has 1 heterocycles. The van der Waals surface area contributed by atoms with Crippen molar-refractivity contribution in [3.63, 3.8) is 0 Å². The Bertz CT molecular complexity index is 308. The lowest BCUT2D eigenvalue weighted by Crippen LogP contribution is -2.10. The van der Waals surface area contributed by atoms with Gasteiger partial charge < -0.3 is 11.1 Å². The highest BCUT2D eigenvalue weighted by atomic mass is 19.4. The van der Waals surface area contributed by atoms with Gasteiger partial charge in [0.05, 0.1) is 17.4 Å². The molecule has 0 unspecified atom stereocenters. The molecular formula is C7H8F3N3. The third-order valence-corrected chi connectivity index (χ3v) is 1.51. The van der Waals surface area contributed by atoms with Crippen molar-refractivity contribution >= 4 is 11.5 Å². The quantitative estimate of drug-likeness (QED) is 0.710. The fraction of sp³-hybridized carbons (Fsp3) is 0.286. The molecule has 0 saturated carbocycles. The number of nitrogens with zero attached hydrogens (tertiary/aromatic N) is 1. The van der Waals surface area contributed by atoms with E-state index in [4.69, 9.17) is 5.73 Å². The molecule has 72 valence electrons. The number of halogens is 3. The van der Waals surface area contributed by atoms with Crippen LogP contribution in [-0.2, 0) is 6.18 Å². The highest BCUT2D eigenvalue weighted by Crippen LogP contribution is 2.33. The Balaban J connectivity index is 3.19. The lowest BCUT2D eigenvalue weighted by Gasteiger charge is -2.10. The van der Waals surface area contributed by atoms with Crippen LogP contribution in [0.2, 0.25) is 0 Å². The van der Waals surface area contributed by atoms with E-state index in [0.29, 0.717) is 0 Å². The zero-order valence-electron chi connectivity index (χ0n) is 6.81. The van der Waals surface area contributed by atoms with Gasteiger partial charge in [-0.05, 0) is 6.07 Å². The minimum absolute atomic E-state index is 0.279. The van der Waals surface area contributed by atoms with Gasteiger partial charge in [-0.1, -0.05) is 0 Å². The number of nitrogen functional groups attached to an aromatic ring is 1. The lowest BCUT2D eigenvalue weighted by atomic mass is 10.2. The van der Waals surface area contributed by atoms with Crippen LogP contribution in [-0.4, -0.2) is 12.0 Å². The van der Waals surface area contributed by atoms with Crippen molar-refractivity contribution in [1.29, 1.82) is 0 Å². The zero-order chi connectivity index (χ0) is 10.1.